The van der Waals surface area contributed by atoms with E-state index in [1.54, 1.807) is 29.2 Å². The maximum absolute atomic E-state index is 13.8. The highest BCUT2D eigenvalue weighted by Gasteiger charge is 2.25. The molecule has 2 aromatic rings. The second-order valence-electron chi connectivity index (χ2n) is 4.98. The number of rotatable bonds is 3. The second-order valence-corrected chi connectivity index (χ2v) is 6.33. The molecule has 0 saturated heterocycles. The molecule has 3 rings (SSSR count). The Morgan fingerprint density at radius 3 is 2.74 bits per heavy atom. The average molecular weight is 349 g/mol. The van der Waals surface area contributed by atoms with Gasteiger partial charge in [0.1, 0.15) is 5.82 Å². The van der Waals surface area contributed by atoms with E-state index in [4.69, 9.17) is 11.6 Å². The number of hydrogen-bond donors (Lipinski definition) is 0. The predicted molar refractivity (Wildman–Crippen MR) is 92.5 cm³/mol. The van der Waals surface area contributed by atoms with E-state index in [9.17, 15) is 9.18 Å². The Kier molecular flexibility index (Phi) is 4.98. The summed E-state index contributed by atoms with van der Waals surface area (Å²) >= 11 is 7.36. The van der Waals surface area contributed by atoms with Gasteiger partial charge in [-0.05, 0) is 24.3 Å². The summed E-state index contributed by atoms with van der Waals surface area (Å²) in [6, 6.07) is 13.7. The van der Waals surface area contributed by atoms with Crippen molar-refractivity contribution in [2.45, 2.75) is 5.75 Å². The van der Waals surface area contributed by atoms with Crippen LogP contribution in [0, 0.1) is 5.82 Å². The Labute approximate surface area is 143 Å². The first-order valence-corrected chi connectivity index (χ1v) is 8.50. The Hall–Kier alpha value is -1.85. The lowest BCUT2D eigenvalue weighted by Gasteiger charge is -2.18. The number of nitrogens with zero attached hydrogens (tertiary/aromatic N) is 2. The zero-order valence-electron chi connectivity index (χ0n) is 12.2. The van der Waals surface area contributed by atoms with E-state index in [2.05, 4.69) is 4.99 Å². The van der Waals surface area contributed by atoms with Crippen LogP contribution in [0.25, 0.3) is 0 Å². The summed E-state index contributed by atoms with van der Waals surface area (Å²) in [6.45, 7) is 1.10. The quantitative estimate of drug-likeness (QED) is 0.831. The molecule has 2 aromatic carbocycles. The molecule has 118 valence electrons. The minimum atomic E-state index is -0.343. The molecule has 23 heavy (non-hydrogen) atoms. The monoisotopic (exact) mass is 348 g/mol. The van der Waals surface area contributed by atoms with E-state index >= 15 is 0 Å². The van der Waals surface area contributed by atoms with Gasteiger partial charge in [0.15, 0.2) is 5.17 Å². The molecule has 1 amide bonds. The Bertz CT molecular complexity index is 731. The van der Waals surface area contributed by atoms with Crippen LogP contribution in [0.15, 0.2) is 53.5 Å². The van der Waals surface area contributed by atoms with Crippen molar-refractivity contribution in [2.75, 3.05) is 13.1 Å². The van der Waals surface area contributed by atoms with Crippen molar-refractivity contribution in [3.8, 4) is 0 Å². The molecule has 0 N–H and O–H groups in total. The Morgan fingerprint density at radius 2 is 2.00 bits per heavy atom. The van der Waals surface area contributed by atoms with Crippen molar-refractivity contribution in [3.05, 3.63) is 70.5 Å². The van der Waals surface area contributed by atoms with Gasteiger partial charge in [0, 0.05) is 28.4 Å². The van der Waals surface area contributed by atoms with Crippen LogP contribution in [0.2, 0.25) is 5.02 Å². The summed E-state index contributed by atoms with van der Waals surface area (Å²) in [7, 11) is 0. The Morgan fingerprint density at radius 1 is 1.22 bits per heavy atom. The smallest absolute Gasteiger partial charge is 0.259 e. The van der Waals surface area contributed by atoms with Crippen molar-refractivity contribution in [1.82, 2.24) is 4.90 Å². The molecule has 0 fully saturated rings. The molecule has 0 spiro atoms. The van der Waals surface area contributed by atoms with Crippen LogP contribution >= 0.6 is 23.4 Å². The van der Waals surface area contributed by atoms with Gasteiger partial charge >= 0.3 is 0 Å². The molecular formula is C17H14ClFN2OS. The summed E-state index contributed by atoms with van der Waals surface area (Å²) < 4.78 is 13.8. The first kappa shape index (κ1) is 16.0. The van der Waals surface area contributed by atoms with Crippen molar-refractivity contribution in [1.29, 1.82) is 0 Å². The lowest BCUT2D eigenvalue weighted by Crippen LogP contribution is -2.32. The van der Waals surface area contributed by atoms with Crippen molar-refractivity contribution >= 4 is 34.4 Å². The van der Waals surface area contributed by atoms with Crippen molar-refractivity contribution in [2.24, 2.45) is 4.99 Å². The van der Waals surface area contributed by atoms with Crippen LogP contribution in [0.4, 0.5) is 4.39 Å². The highest BCUT2D eigenvalue weighted by Crippen LogP contribution is 2.27. The van der Waals surface area contributed by atoms with Gasteiger partial charge in [0.2, 0.25) is 0 Å². The van der Waals surface area contributed by atoms with E-state index in [0.29, 0.717) is 40.2 Å². The predicted octanol–water partition coefficient (Wildman–Crippen LogP) is 4.22. The zero-order chi connectivity index (χ0) is 16.2. The first-order chi connectivity index (χ1) is 11.2. The van der Waals surface area contributed by atoms with E-state index < -0.39 is 0 Å². The number of amides is 1. The number of carbonyl (C=O) groups is 1. The van der Waals surface area contributed by atoms with Gasteiger partial charge in [0.05, 0.1) is 6.54 Å². The molecule has 1 aliphatic heterocycles. The van der Waals surface area contributed by atoms with E-state index in [0.717, 1.165) is 0 Å². The molecule has 0 aliphatic carbocycles. The fourth-order valence-electron chi connectivity index (χ4n) is 2.28. The highest BCUT2D eigenvalue weighted by molar-refractivity contribution is 8.13. The fourth-order valence-corrected chi connectivity index (χ4v) is 3.67. The van der Waals surface area contributed by atoms with E-state index in [-0.39, 0.29) is 11.7 Å². The van der Waals surface area contributed by atoms with Gasteiger partial charge < -0.3 is 0 Å². The number of amidine groups is 1. The van der Waals surface area contributed by atoms with Gasteiger partial charge in [-0.2, -0.15) is 0 Å². The second kappa shape index (κ2) is 7.15. The summed E-state index contributed by atoms with van der Waals surface area (Å²) in [5, 5.41) is 0.996. The van der Waals surface area contributed by atoms with Gasteiger partial charge in [-0.3, -0.25) is 14.7 Å². The molecule has 0 atom stereocenters. The Balaban J connectivity index is 1.72. The molecule has 0 aromatic heterocycles. The van der Waals surface area contributed by atoms with Crippen LogP contribution in [0.5, 0.6) is 0 Å². The van der Waals surface area contributed by atoms with Crippen LogP contribution in [0.3, 0.4) is 0 Å². The standard InChI is InChI=1S/C17H14ClFN2OS/c18-14-7-4-8-15(19)13(14)11-23-17-20-9-10-21(17)16(22)12-5-2-1-3-6-12/h1-8H,9-11H2. The first-order valence-electron chi connectivity index (χ1n) is 7.14. The van der Waals surface area contributed by atoms with Crippen LogP contribution in [0.1, 0.15) is 15.9 Å². The summed E-state index contributed by atoms with van der Waals surface area (Å²) in [5.41, 5.74) is 1.05. The fraction of sp³-hybridized carbons (Fsp3) is 0.176. The van der Waals surface area contributed by atoms with Crippen LogP contribution in [-0.4, -0.2) is 29.1 Å². The molecule has 0 saturated carbocycles. The minimum Gasteiger partial charge on any atom is -0.286 e. The molecule has 0 radical (unpaired) electrons. The lowest BCUT2D eigenvalue weighted by molar-refractivity contribution is 0.0860. The molecule has 3 nitrogen and oxygen atoms in total. The maximum Gasteiger partial charge on any atom is 0.259 e. The SMILES string of the molecule is O=C(c1ccccc1)N1CCN=C1SCc1c(F)cccc1Cl. The van der Waals surface area contributed by atoms with E-state index in [1.165, 1.54) is 17.8 Å². The molecule has 0 bridgehead atoms. The average Bonchev–Trinajstić information content (AvgIpc) is 3.03. The van der Waals surface area contributed by atoms with Crippen LogP contribution in [-0.2, 0) is 5.75 Å². The summed E-state index contributed by atoms with van der Waals surface area (Å²) in [6.07, 6.45) is 0. The summed E-state index contributed by atoms with van der Waals surface area (Å²) in [4.78, 5) is 18.5. The molecule has 0 unspecified atom stereocenters. The maximum atomic E-state index is 13.8. The number of thioether (sulfide) groups is 1. The number of hydrogen-bond acceptors (Lipinski definition) is 3. The number of halogens is 2. The minimum absolute atomic E-state index is 0.0889. The molecular weight excluding hydrogens is 335 g/mol. The largest absolute Gasteiger partial charge is 0.286 e. The lowest BCUT2D eigenvalue weighted by atomic mass is 10.2. The van der Waals surface area contributed by atoms with Gasteiger partial charge in [-0.25, -0.2) is 4.39 Å². The normalized spacial score (nSPS) is 14.0. The van der Waals surface area contributed by atoms with Crippen LogP contribution < -0.4 is 0 Å². The van der Waals surface area contributed by atoms with Crippen molar-refractivity contribution < 1.29 is 9.18 Å². The van der Waals surface area contributed by atoms with Gasteiger partial charge in [-0.15, -0.1) is 0 Å². The summed E-state index contributed by atoms with van der Waals surface area (Å²) in [5.74, 6) is -0.0957. The number of carbonyl (C=O) groups excluding carboxylic acids is 1. The number of benzene rings is 2. The molecule has 1 aliphatic rings. The third kappa shape index (κ3) is 3.57. The zero-order valence-corrected chi connectivity index (χ0v) is 13.8. The third-order valence-corrected chi connectivity index (χ3v) is 4.87. The third-order valence-electron chi connectivity index (χ3n) is 3.47. The molecule has 6 heteroatoms. The number of aliphatic imine (C=N–C) groups is 1. The molecule has 1 heterocycles. The topological polar surface area (TPSA) is 32.7 Å². The van der Waals surface area contributed by atoms with Crippen molar-refractivity contribution in [3.63, 3.8) is 0 Å². The van der Waals surface area contributed by atoms with E-state index in [1.807, 2.05) is 18.2 Å². The van der Waals surface area contributed by atoms with Gasteiger partial charge in [0.25, 0.3) is 5.91 Å². The van der Waals surface area contributed by atoms with Gasteiger partial charge in [-0.1, -0.05) is 47.6 Å². The highest BCUT2D eigenvalue weighted by atomic mass is 35.5.